The third kappa shape index (κ3) is 5.29. The summed E-state index contributed by atoms with van der Waals surface area (Å²) in [5.41, 5.74) is 1.94. The van der Waals surface area contributed by atoms with Crippen LogP contribution in [0.5, 0.6) is 0 Å². The lowest BCUT2D eigenvalue weighted by Crippen LogP contribution is -2.27. The molecule has 0 aliphatic carbocycles. The minimum absolute atomic E-state index is 0.00407. The number of hydrogen-bond donors (Lipinski definition) is 0. The van der Waals surface area contributed by atoms with Crippen molar-refractivity contribution in [1.29, 1.82) is 0 Å². The molecular weight excluding hydrogens is 431 g/mol. The Morgan fingerprint density at radius 3 is 2.63 bits per heavy atom. The van der Waals surface area contributed by atoms with E-state index in [4.69, 9.17) is 11.6 Å². The molecule has 0 N–H and O–H groups in total. The average molecular weight is 450 g/mol. The van der Waals surface area contributed by atoms with Crippen LogP contribution in [-0.2, 0) is 19.1 Å². The number of allylic oxidation sites excluding steroid dienone is 1. The molecule has 0 atom stereocenters. The van der Waals surface area contributed by atoms with Crippen molar-refractivity contribution in [2.24, 2.45) is 0 Å². The van der Waals surface area contributed by atoms with Crippen LogP contribution in [0.4, 0.5) is 13.2 Å². The van der Waals surface area contributed by atoms with Crippen LogP contribution in [0.25, 0.3) is 11.1 Å². The molecule has 1 aliphatic heterocycles. The number of rotatable bonds is 3. The SMILES string of the molecule is C=CC(=C)N1CCc2cc(Cl)sc2C1.FC(F)(F)c1ncncc1-c1ccccc1. The quantitative estimate of drug-likeness (QED) is 0.420. The summed E-state index contributed by atoms with van der Waals surface area (Å²) in [6, 6.07) is 10.3. The van der Waals surface area contributed by atoms with Crippen LogP contribution in [0.3, 0.4) is 0 Å². The monoisotopic (exact) mass is 449 g/mol. The van der Waals surface area contributed by atoms with Gasteiger partial charge in [0.2, 0.25) is 0 Å². The highest BCUT2D eigenvalue weighted by Crippen LogP contribution is 2.34. The first-order valence-electron chi connectivity index (χ1n) is 9.05. The molecule has 0 saturated carbocycles. The van der Waals surface area contributed by atoms with E-state index in [-0.39, 0.29) is 5.56 Å². The number of alkyl halides is 3. The Hall–Kier alpha value is -2.64. The van der Waals surface area contributed by atoms with E-state index in [0.717, 1.165) is 35.9 Å². The van der Waals surface area contributed by atoms with Crippen molar-refractivity contribution in [3.05, 3.63) is 94.3 Å². The second-order valence-corrected chi connectivity index (χ2v) is 8.28. The molecule has 30 heavy (non-hydrogen) atoms. The van der Waals surface area contributed by atoms with E-state index >= 15 is 0 Å². The van der Waals surface area contributed by atoms with Gasteiger partial charge in [-0.3, -0.25) is 0 Å². The van der Waals surface area contributed by atoms with E-state index in [1.165, 1.54) is 16.6 Å². The van der Waals surface area contributed by atoms with Gasteiger partial charge in [-0.05, 0) is 29.7 Å². The lowest BCUT2D eigenvalue weighted by Gasteiger charge is -2.28. The van der Waals surface area contributed by atoms with Gasteiger partial charge in [0.1, 0.15) is 6.33 Å². The van der Waals surface area contributed by atoms with E-state index in [2.05, 4.69) is 34.1 Å². The Bertz CT molecular complexity index is 1030. The predicted octanol–water partition coefficient (Wildman–Crippen LogP) is 6.62. The van der Waals surface area contributed by atoms with E-state index < -0.39 is 11.9 Å². The van der Waals surface area contributed by atoms with E-state index in [9.17, 15) is 13.2 Å². The van der Waals surface area contributed by atoms with Gasteiger partial charge in [-0.15, -0.1) is 11.3 Å². The lowest BCUT2D eigenvalue weighted by molar-refractivity contribution is -0.140. The molecule has 0 radical (unpaired) electrons. The van der Waals surface area contributed by atoms with Crippen molar-refractivity contribution in [3.63, 3.8) is 0 Å². The number of aromatic nitrogens is 2. The van der Waals surface area contributed by atoms with Gasteiger partial charge in [-0.1, -0.05) is 55.1 Å². The fraction of sp³-hybridized carbons (Fsp3) is 0.182. The molecule has 3 nitrogen and oxygen atoms in total. The molecule has 8 heteroatoms. The van der Waals surface area contributed by atoms with Gasteiger partial charge in [0.05, 0.1) is 10.9 Å². The molecule has 156 valence electrons. The molecular formula is C22H19ClF3N3S. The maximum atomic E-state index is 12.6. The van der Waals surface area contributed by atoms with Gasteiger partial charge in [0, 0.05) is 28.9 Å². The molecule has 4 rings (SSSR count). The summed E-state index contributed by atoms with van der Waals surface area (Å²) in [5.74, 6) is 0. The van der Waals surface area contributed by atoms with Crippen LogP contribution in [0.15, 0.2) is 73.9 Å². The summed E-state index contributed by atoms with van der Waals surface area (Å²) in [6.07, 6.45) is 0.472. The smallest absolute Gasteiger partial charge is 0.367 e. The molecule has 0 amide bonds. The first kappa shape index (κ1) is 22.1. The molecule has 0 saturated heterocycles. The summed E-state index contributed by atoms with van der Waals surface area (Å²) >= 11 is 7.64. The fourth-order valence-corrected chi connectivity index (χ4v) is 4.40. The maximum absolute atomic E-state index is 12.6. The minimum Gasteiger partial charge on any atom is -0.367 e. The first-order chi connectivity index (χ1) is 14.3. The third-order valence-corrected chi connectivity index (χ3v) is 5.85. The van der Waals surface area contributed by atoms with Gasteiger partial charge >= 0.3 is 6.18 Å². The summed E-state index contributed by atoms with van der Waals surface area (Å²) in [6.45, 7) is 9.64. The summed E-state index contributed by atoms with van der Waals surface area (Å²) in [7, 11) is 0. The van der Waals surface area contributed by atoms with Crippen molar-refractivity contribution in [2.75, 3.05) is 6.54 Å². The second kappa shape index (κ2) is 9.45. The Morgan fingerprint density at radius 1 is 1.23 bits per heavy atom. The Kier molecular flexibility index (Phi) is 6.95. The van der Waals surface area contributed by atoms with Crippen molar-refractivity contribution >= 4 is 22.9 Å². The molecule has 0 fully saturated rings. The Labute approximate surface area is 182 Å². The van der Waals surface area contributed by atoms with Gasteiger partial charge in [0.15, 0.2) is 5.69 Å². The number of benzene rings is 1. The zero-order valence-electron chi connectivity index (χ0n) is 16.0. The first-order valence-corrected chi connectivity index (χ1v) is 10.2. The summed E-state index contributed by atoms with van der Waals surface area (Å²) in [4.78, 5) is 10.5. The van der Waals surface area contributed by atoms with Crippen LogP contribution in [0, 0.1) is 0 Å². The molecule has 2 aromatic heterocycles. The van der Waals surface area contributed by atoms with E-state index in [1.807, 2.05) is 0 Å². The number of thiophene rings is 1. The van der Waals surface area contributed by atoms with Crippen molar-refractivity contribution < 1.29 is 13.2 Å². The van der Waals surface area contributed by atoms with Crippen LogP contribution >= 0.6 is 22.9 Å². The van der Waals surface area contributed by atoms with Crippen LogP contribution in [0.1, 0.15) is 16.1 Å². The molecule has 1 aromatic carbocycles. The van der Waals surface area contributed by atoms with E-state index in [0.29, 0.717) is 5.56 Å². The molecule has 3 aromatic rings. The van der Waals surface area contributed by atoms with Crippen molar-refractivity contribution in [3.8, 4) is 11.1 Å². The fourth-order valence-electron chi connectivity index (χ4n) is 3.04. The number of fused-ring (bicyclic) bond motifs is 1. The molecule has 0 spiro atoms. The molecule has 3 heterocycles. The molecule has 0 bridgehead atoms. The number of nitrogens with zero attached hydrogens (tertiary/aromatic N) is 3. The standard InChI is InChI=1S/C11H12ClNS.C11H7F3N2/c1-3-8(2)13-5-4-9-6-11(12)14-10(9)7-13;12-11(13,14)10-9(6-15-7-16-10)8-4-2-1-3-5-8/h3,6H,1-2,4-5,7H2;1-7H. The Balaban J connectivity index is 0.000000172. The number of halogens is 4. The summed E-state index contributed by atoms with van der Waals surface area (Å²) in [5, 5.41) is 0. The maximum Gasteiger partial charge on any atom is 0.434 e. The molecule has 1 aliphatic rings. The highest BCUT2D eigenvalue weighted by Gasteiger charge is 2.35. The van der Waals surface area contributed by atoms with Gasteiger partial charge in [-0.25, -0.2) is 9.97 Å². The molecule has 0 unspecified atom stereocenters. The van der Waals surface area contributed by atoms with Crippen molar-refractivity contribution in [1.82, 2.24) is 14.9 Å². The highest BCUT2D eigenvalue weighted by atomic mass is 35.5. The zero-order chi connectivity index (χ0) is 21.7. The van der Waals surface area contributed by atoms with Crippen molar-refractivity contribution in [2.45, 2.75) is 19.1 Å². The van der Waals surface area contributed by atoms with Gasteiger partial charge in [0.25, 0.3) is 0 Å². The van der Waals surface area contributed by atoms with Gasteiger partial charge in [-0.2, -0.15) is 13.2 Å². The largest absolute Gasteiger partial charge is 0.434 e. The normalized spacial score (nSPS) is 13.1. The summed E-state index contributed by atoms with van der Waals surface area (Å²) < 4.78 is 38.8. The highest BCUT2D eigenvalue weighted by molar-refractivity contribution is 7.16. The van der Waals surface area contributed by atoms with Crippen LogP contribution in [-0.4, -0.2) is 21.4 Å². The topological polar surface area (TPSA) is 29.0 Å². The average Bonchev–Trinajstić information content (AvgIpc) is 3.13. The predicted molar refractivity (Wildman–Crippen MR) is 115 cm³/mol. The van der Waals surface area contributed by atoms with Gasteiger partial charge < -0.3 is 4.90 Å². The zero-order valence-corrected chi connectivity index (χ0v) is 17.6. The number of hydrogen-bond acceptors (Lipinski definition) is 4. The van der Waals surface area contributed by atoms with Crippen LogP contribution in [0.2, 0.25) is 4.34 Å². The van der Waals surface area contributed by atoms with Crippen LogP contribution < -0.4 is 0 Å². The minimum atomic E-state index is -4.46. The second-order valence-electron chi connectivity index (χ2n) is 6.51. The van der Waals surface area contributed by atoms with E-state index in [1.54, 1.807) is 47.7 Å². The third-order valence-electron chi connectivity index (χ3n) is 4.56. The lowest BCUT2D eigenvalue weighted by atomic mass is 10.1. The Morgan fingerprint density at radius 2 is 1.97 bits per heavy atom.